The number of nitriles is 1. The number of hydrogen-bond acceptors (Lipinski definition) is 3. The van der Waals surface area contributed by atoms with Crippen LogP contribution in [0.4, 0.5) is 0 Å². The number of thiazole rings is 1. The maximum Gasteiger partial charge on any atom is 0.0945 e. The Morgan fingerprint density at radius 1 is 1.70 bits per heavy atom. The second-order valence-corrected chi connectivity index (χ2v) is 3.33. The molecule has 2 nitrogen and oxygen atoms in total. The highest BCUT2D eigenvalue weighted by Crippen LogP contribution is 2.20. The van der Waals surface area contributed by atoms with E-state index >= 15 is 0 Å². The smallest absolute Gasteiger partial charge is 0.0945 e. The summed E-state index contributed by atoms with van der Waals surface area (Å²) in [5.41, 5.74) is 2.18. The molecule has 52 valence electrons. The molecule has 0 bridgehead atoms. The highest BCUT2D eigenvalue weighted by molar-refractivity contribution is 7.07. The molecule has 0 radical (unpaired) electrons. The van der Waals surface area contributed by atoms with Crippen LogP contribution in [0.2, 0.25) is 0 Å². The Morgan fingerprint density at radius 3 is 2.80 bits per heavy atom. The molecule has 3 heteroatoms. The number of hydrogen-bond donors (Lipinski definition) is 0. The number of nitrogens with zero attached hydrogens (tertiary/aromatic N) is 2. The van der Waals surface area contributed by atoms with Gasteiger partial charge in [-0.05, 0) is 13.8 Å². The van der Waals surface area contributed by atoms with Crippen LogP contribution in [0.5, 0.6) is 0 Å². The van der Waals surface area contributed by atoms with Crippen molar-refractivity contribution in [1.29, 1.82) is 5.26 Å². The molecule has 1 aromatic heterocycles. The van der Waals surface area contributed by atoms with Crippen molar-refractivity contribution in [2.75, 3.05) is 0 Å². The molecule has 0 N–H and O–H groups in total. The average Bonchev–Trinajstić information content (AvgIpc) is 2.38. The van der Waals surface area contributed by atoms with Crippen LogP contribution in [0.3, 0.4) is 0 Å². The molecule has 0 amide bonds. The monoisotopic (exact) mass is 152 g/mol. The normalized spacial score (nSPS) is 10.9. The van der Waals surface area contributed by atoms with Gasteiger partial charge in [0.25, 0.3) is 0 Å². The zero-order valence-corrected chi connectivity index (χ0v) is 6.77. The third-order valence-corrected chi connectivity index (χ3v) is 1.94. The van der Waals surface area contributed by atoms with E-state index in [4.69, 9.17) is 5.26 Å². The van der Waals surface area contributed by atoms with E-state index in [9.17, 15) is 0 Å². The van der Waals surface area contributed by atoms with Crippen molar-refractivity contribution in [1.82, 2.24) is 4.98 Å². The Labute approximate surface area is 64.1 Å². The van der Waals surface area contributed by atoms with Crippen LogP contribution in [0, 0.1) is 11.3 Å². The van der Waals surface area contributed by atoms with Crippen LogP contribution in [-0.4, -0.2) is 4.98 Å². The third-order valence-electron chi connectivity index (χ3n) is 1.35. The Hall–Kier alpha value is -0.880. The van der Waals surface area contributed by atoms with Crippen LogP contribution < -0.4 is 0 Å². The molecule has 0 aliphatic carbocycles. The second kappa shape index (κ2) is 2.39. The van der Waals surface area contributed by atoms with Gasteiger partial charge in [0.2, 0.25) is 0 Å². The molecule has 0 saturated heterocycles. The van der Waals surface area contributed by atoms with Gasteiger partial charge in [-0.15, -0.1) is 11.3 Å². The van der Waals surface area contributed by atoms with Crippen molar-refractivity contribution in [3.63, 3.8) is 0 Å². The second-order valence-electron chi connectivity index (χ2n) is 2.61. The molecule has 10 heavy (non-hydrogen) atoms. The molecule has 0 unspecified atom stereocenters. The summed E-state index contributed by atoms with van der Waals surface area (Å²) < 4.78 is 0. The molecule has 1 heterocycles. The Bertz CT molecular complexity index is 243. The summed E-state index contributed by atoms with van der Waals surface area (Å²) in [6.45, 7) is 3.73. The Balaban J connectivity index is 2.99. The molecule has 0 fully saturated rings. The van der Waals surface area contributed by atoms with E-state index in [-0.39, 0.29) is 0 Å². The van der Waals surface area contributed by atoms with Gasteiger partial charge in [-0.1, -0.05) is 0 Å². The van der Waals surface area contributed by atoms with Crippen molar-refractivity contribution in [3.05, 3.63) is 16.6 Å². The average molecular weight is 152 g/mol. The first-order valence-corrected chi connectivity index (χ1v) is 3.91. The Morgan fingerprint density at radius 2 is 2.40 bits per heavy atom. The lowest BCUT2D eigenvalue weighted by molar-refractivity contribution is 0.665. The minimum Gasteiger partial charge on any atom is -0.248 e. The van der Waals surface area contributed by atoms with Gasteiger partial charge in [0, 0.05) is 5.38 Å². The van der Waals surface area contributed by atoms with Crippen molar-refractivity contribution in [2.24, 2.45) is 0 Å². The molecule has 0 spiro atoms. The summed E-state index contributed by atoms with van der Waals surface area (Å²) in [5.74, 6) is 0. The van der Waals surface area contributed by atoms with Gasteiger partial charge in [0.1, 0.15) is 0 Å². The first kappa shape index (κ1) is 7.23. The van der Waals surface area contributed by atoms with E-state index in [1.807, 2.05) is 19.2 Å². The fourth-order valence-electron chi connectivity index (χ4n) is 0.578. The lowest BCUT2D eigenvalue weighted by atomic mass is 9.93. The zero-order valence-electron chi connectivity index (χ0n) is 5.96. The van der Waals surface area contributed by atoms with Gasteiger partial charge in [0.15, 0.2) is 0 Å². The molecule has 0 saturated carbocycles. The summed E-state index contributed by atoms with van der Waals surface area (Å²) in [6.07, 6.45) is 0. The number of rotatable bonds is 1. The minimum atomic E-state index is -0.431. The van der Waals surface area contributed by atoms with Gasteiger partial charge in [-0.2, -0.15) is 5.26 Å². The summed E-state index contributed by atoms with van der Waals surface area (Å²) in [5, 5.41) is 10.6. The van der Waals surface area contributed by atoms with Crippen molar-refractivity contribution in [3.8, 4) is 6.07 Å². The van der Waals surface area contributed by atoms with Crippen molar-refractivity contribution in [2.45, 2.75) is 19.3 Å². The molecule has 0 aliphatic rings. The highest BCUT2D eigenvalue weighted by atomic mass is 32.1. The zero-order chi connectivity index (χ0) is 7.61. The van der Waals surface area contributed by atoms with E-state index in [0.717, 1.165) is 5.69 Å². The topological polar surface area (TPSA) is 36.7 Å². The largest absolute Gasteiger partial charge is 0.248 e. The first-order chi connectivity index (χ1) is 4.67. The standard InChI is InChI=1S/C7H8N2S/c1-7(2,4-8)6-3-10-5-9-6/h3,5H,1-2H3. The van der Waals surface area contributed by atoms with Crippen LogP contribution in [0.25, 0.3) is 0 Å². The highest BCUT2D eigenvalue weighted by Gasteiger charge is 2.21. The van der Waals surface area contributed by atoms with Gasteiger partial charge in [-0.25, -0.2) is 4.98 Å². The fourth-order valence-corrected chi connectivity index (χ4v) is 1.30. The van der Waals surface area contributed by atoms with E-state index in [1.54, 1.807) is 5.51 Å². The lowest BCUT2D eigenvalue weighted by Crippen LogP contribution is -2.13. The Kier molecular flexibility index (Phi) is 1.73. The van der Waals surface area contributed by atoms with Gasteiger partial charge >= 0.3 is 0 Å². The van der Waals surface area contributed by atoms with Gasteiger partial charge < -0.3 is 0 Å². The molecule has 1 aromatic rings. The van der Waals surface area contributed by atoms with E-state index in [2.05, 4.69) is 11.1 Å². The first-order valence-electron chi connectivity index (χ1n) is 2.97. The van der Waals surface area contributed by atoms with Crippen LogP contribution in [0.1, 0.15) is 19.5 Å². The molecule has 0 atom stereocenters. The van der Waals surface area contributed by atoms with Crippen molar-refractivity contribution < 1.29 is 0 Å². The lowest BCUT2D eigenvalue weighted by Gasteiger charge is -2.09. The molecular formula is C7H8N2S. The molecule has 0 aliphatic heterocycles. The molecule has 0 aromatic carbocycles. The minimum absolute atomic E-state index is 0.431. The summed E-state index contributed by atoms with van der Waals surface area (Å²) in [7, 11) is 0. The maximum atomic E-state index is 8.68. The fraction of sp³-hybridized carbons (Fsp3) is 0.429. The predicted octanol–water partition coefficient (Wildman–Crippen LogP) is 1.94. The van der Waals surface area contributed by atoms with Crippen LogP contribution in [0.15, 0.2) is 10.9 Å². The van der Waals surface area contributed by atoms with E-state index in [1.165, 1.54) is 11.3 Å². The third kappa shape index (κ3) is 1.17. The summed E-state index contributed by atoms with van der Waals surface area (Å²) in [4.78, 5) is 4.05. The van der Waals surface area contributed by atoms with E-state index < -0.39 is 5.41 Å². The van der Waals surface area contributed by atoms with Crippen LogP contribution >= 0.6 is 11.3 Å². The van der Waals surface area contributed by atoms with Crippen LogP contribution in [-0.2, 0) is 5.41 Å². The number of aromatic nitrogens is 1. The summed E-state index contributed by atoms with van der Waals surface area (Å²) >= 11 is 1.52. The summed E-state index contributed by atoms with van der Waals surface area (Å²) in [6, 6.07) is 2.19. The van der Waals surface area contributed by atoms with Gasteiger partial charge in [0.05, 0.1) is 22.7 Å². The SMILES string of the molecule is CC(C)(C#N)c1cscn1. The molecular weight excluding hydrogens is 144 g/mol. The molecule has 1 rings (SSSR count). The quantitative estimate of drug-likeness (QED) is 0.616. The van der Waals surface area contributed by atoms with E-state index in [0.29, 0.717) is 0 Å². The predicted molar refractivity (Wildman–Crippen MR) is 40.8 cm³/mol. The van der Waals surface area contributed by atoms with Crippen molar-refractivity contribution >= 4 is 11.3 Å². The van der Waals surface area contributed by atoms with Gasteiger partial charge in [-0.3, -0.25) is 0 Å². The maximum absolute atomic E-state index is 8.68.